The van der Waals surface area contributed by atoms with E-state index in [2.05, 4.69) is 22.5 Å². The number of nitrogens with zero attached hydrogens (tertiary/aromatic N) is 1. The van der Waals surface area contributed by atoms with E-state index in [0.29, 0.717) is 18.7 Å². The van der Waals surface area contributed by atoms with Crippen molar-refractivity contribution in [1.29, 1.82) is 0 Å². The summed E-state index contributed by atoms with van der Waals surface area (Å²) in [5, 5.41) is 10.0. The fourth-order valence-corrected chi connectivity index (χ4v) is 4.17. The van der Waals surface area contributed by atoms with Crippen LogP contribution in [0.4, 0.5) is 0 Å². The van der Waals surface area contributed by atoms with Crippen LogP contribution < -0.4 is 4.57 Å². The molecule has 0 amide bonds. The second kappa shape index (κ2) is 6.59. The largest absolute Gasteiger partial charge is 0.481 e. The zero-order chi connectivity index (χ0) is 19.2. The molecule has 1 aliphatic heterocycles. The number of carboxylic acid groups (broad SMARTS) is 1. The van der Waals surface area contributed by atoms with E-state index in [-0.39, 0.29) is 18.4 Å². The van der Waals surface area contributed by atoms with Gasteiger partial charge >= 0.3 is 11.9 Å². The number of H-pyrrole nitrogens is 1. The number of hydrogen-bond donors (Lipinski definition) is 2. The minimum atomic E-state index is -0.780. The molecule has 2 aromatic heterocycles. The molecule has 3 heterocycles. The van der Waals surface area contributed by atoms with Crippen LogP contribution in [-0.2, 0) is 9.53 Å². The number of allylic oxidation sites excluding steroid dienone is 2. The van der Waals surface area contributed by atoms with Gasteiger partial charge in [0.2, 0.25) is 5.69 Å². The first-order valence-electron chi connectivity index (χ1n) is 8.94. The second-order valence-electron chi connectivity index (χ2n) is 6.84. The summed E-state index contributed by atoms with van der Waals surface area (Å²) in [5.74, 6) is -1.12. The minimum absolute atomic E-state index is 0.106. The maximum atomic E-state index is 12.2. The van der Waals surface area contributed by atoms with Gasteiger partial charge < -0.3 is 14.8 Å². The molecule has 1 atom stereocenters. The number of ether oxygens (including phenoxy) is 1. The molecule has 0 bridgehead atoms. The topological polar surface area (TPSA) is 83.3 Å². The summed E-state index contributed by atoms with van der Waals surface area (Å²) in [6.45, 7) is 10.2. The number of carbonyl (C=O) groups excluding carboxylic acids is 1. The molecule has 1 aliphatic rings. The number of carboxylic acids is 1. The van der Waals surface area contributed by atoms with Gasteiger partial charge in [0.05, 0.1) is 17.5 Å². The molecule has 0 saturated heterocycles. The van der Waals surface area contributed by atoms with Gasteiger partial charge in [-0.1, -0.05) is 0 Å². The lowest BCUT2D eigenvalue weighted by Crippen LogP contribution is -2.41. The average molecular weight is 357 g/mol. The molecule has 6 nitrogen and oxygen atoms in total. The third-order valence-electron chi connectivity index (χ3n) is 5.39. The Bertz CT molecular complexity index is 953. The Labute approximate surface area is 152 Å². The molecule has 2 aromatic rings. The van der Waals surface area contributed by atoms with Gasteiger partial charge in [0.1, 0.15) is 5.69 Å². The number of aromatic amines is 1. The Morgan fingerprint density at radius 3 is 2.62 bits per heavy atom. The lowest BCUT2D eigenvalue weighted by atomic mass is 10.0. The van der Waals surface area contributed by atoms with Gasteiger partial charge in [-0.25, -0.2) is 4.79 Å². The zero-order valence-corrected chi connectivity index (χ0v) is 15.9. The van der Waals surface area contributed by atoms with Crippen molar-refractivity contribution >= 4 is 28.4 Å². The maximum absolute atomic E-state index is 12.2. The second-order valence-corrected chi connectivity index (χ2v) is 6.84. The third-order valence-corrected chi connectivity index (χ3v) is 5.39. The van der Waals surface area contributed by atoms with Crippen molar-refractivity contribution in [3.8, 4) is 0 Å². The summed E-state index contributed by atoms with van der Waals surface area (Å²) in [5.41, 5.74) is 6.70. The van der Waals surface area contributed by atoms with Gasteiger partial charge in [0, 0.05) is 37.5 Å². The monoisotopic (exact) mass is 357 g/mol. The van der Waals surface area contributed by atoms with E-state index < -0.39 is 5.97 Å². The predicted molar refractivity (Wildman–Crippen MR) is 98.1 cm³/mol. The number of fused-ring (bicyclic) bond motifs is 2. The molecule has 138 valence electrons. The van der Waals surface area contributed by atoms with Gasteiger partial charge in [-0.05, 0) is 32.8 Å². The third kappa shape index (κ3) is 2.69. The van der Waals surface area contributed by atoms with Crippen molar-refractivity contribution in [2.75, 3.05) is 6.61 Å². The SMILES string of the molecule is CCOC(=O)c1[nH]c2cc3[n+](c(C)c2c1C)[C@H](C)C(CCC(=O)O)=C3C. The Morgan fingerprint density at radius 2 is 2.00 bits per heavy atom. The number of rotatable bonds is 5. The Kier molecular flexibility index (Phi) is 4.61. The summed E-state index contributed by atoms with van der Waals surface area (Å²) in [4.78, 5) is 26.4. The van der Waals surface area contributed by atoms with Crippen molar-refractivity contribution in [1.82, 2.24) is 4.98 Å². The first kappa shape index (κ1) is 18.2. The van der Waals surface area contributed by atoms with E-state index in [4.69, 9.17) is 9.84 Å². The number of aliphatic carboxylic acids is 1. The molecule has 0 radical (unpaired) electrons. The van der Waals surface area contributed by atoms with E-state index in [1.807, 2.05) is 20.8 Å². The van der Waals surface area contributed by atoms with Crippen molar-refractivity contribution in [2.45, 2.75) is 53.5 Å². The fraction of sp³-hybridized carbons (Fsp3) is 0.450. The molecule has 0 unspecified atom stereocenters. The number of esters is 1. The number of hydrogen-bond acceptors (Lipinski definition) is 3. The lowest BCUT2D eigenvalue weighted by Gasteiger charge is -2.08. The van der Waals surface area contributed by atoms with E-state index in [1.165, 1.54) is 0 Å². The highest BCUT2D eigenvalue weighted by Gasteiger charge is 2.37. The van der Waals surface area contributed by atoms with Crippen LogP contribution in [0, 0.1) is 13.8 Å². The van der Waals surface area contributed by atoms with Gasteiger partial charge in [-0.3, -0.25) is 4.79 Å². The van der Waals surface area contributed by atoms with Crippen LogP contribution in [0.5, 0.6) is 0 Å². The van der Waals surface area contributed by atoms with Crippen molar-refractivity contribution in [2.24, 2.45) is 0 Å². The zero-order valence-electron chi connectivity index (χ0n) is 15.9. The molecule has 0 aliphatic carbocycles. The Morgan fingerprint density at radius 1 is 1.31 bits per heavy atom. The number of nitrogens with one attached hydrogen (secondary N) is 1. The van der Waals surface area contributed by atoms with Gasteiger partial charge in [0.15, 0.2) is 11.7 Å². The molecular weight excluding hydrogens is 332 g/mol. The van der Waals surface area contributed by atoms with Crippen LogP contribution >= 0.6 is 0 Å². The Balaban J connectivity index is 2.14. The molecule has 0 spiro atoms. The molecule has 0 aromatic carbocycles. The van der Waals surface area contributed by atoms with Crippen LogP contribution in [0.3, 0.4) is 0 Å². The molecule has 0 fully saturated rings. The quantitative estimate of drug-likeness (QED) is 0.634. The first-order valence-corrected chi connectivity index (χ1v) is 8.94. The minimum Gasteiger partial charge on any atom is -0.481 e. The summed E-state index contributed by atoms with van der Waals surface area (Å²) >= 11 is 0. The van der Waals surface area contributed by atoms with Gasteiger partial charge in [-0.2, -0.15) is 4.57 Å². The van der Waals surface area contributed by atoms with Crippen molar-refractivity contribution in [3.63, 3.8) is 0 Å². The predicted octanol–water partition coefficient (Wildman–Crippen LogP) is 3.46. The molecule has 26 heavy (non-hydrogen) atoms. The number of pyridine rings is 1. The molecule has 2 N–H and O–H groups in total. The van der Waals surface area contributed by atoms with Crippen LogP contribution in [0.25, 0.3) is 16.5 Å². The van der Waals surface area contributed by atoms with E-state index in [0.717, 1.165) is 39.0 Å². The van der Waals surface area contributed by atoms with Crippen LogP contribution in [-0.4, -0.2) is 28.6 Å². The first-order chi connectivity index (χ1) is 12.3. The van der Waals surface area contributed by atoms with E-state index in [9.17, 15) is 9.59 Å². The van der Waals surface area contributed by atoms with Crippen LogP contribution in [0.15, 0.2) is 11.6 Å². The summed E-state index contributed by atoms with van der Waals surface area (Å²) in [6, 6.07) is 2.16. The number of aryl methyl sites for hydroxylation is 2. The van der Waals surface area contributed by atoms with Crippen LogP contribution in [0.2, 0.25) is 0 Å². The maximum Gasteiger partial charge on any atom is 0.355 e. The average Bonchev–Trinajstić information content (AvgIpc) is 3.02. The smallest absolute Gasteiger partial charge is 0.355 e. The highest BCUT2D eigenvalue weighted by molar-refractivity contribution is 5.99. The summed E-state index contributed by atoms with van der Waals surface area (Å²) < 4.78 is 7.39. The highest BCUT2D eigenvalue weighted by Crippen LogP contribution is 2.36. The molecular formula is C20H25N2O4+. The van der Waals surface area contributed by atoms with Gasteiger partial charge in [-0.15, -0.1) is 0 Å². The van der Waals surface area contributed by atoms with Crippen molar-refractivity contribution < 1.29 is 24.0 Å². The van der Waals surface area contributed by atoms with Gasteiger partial charge in [0.25, 0.3) is 0 Å². The normalized spacial score (nSPS) is 16.3. The van der Waals surface area contributed by atoms with E-state index >= 15 is 0 Å². The number of aromatic nitrogens is 2. The molecule has 0 saturated carbocycles. The fourth-order valence-electron chi connectivity index (χ4n) is 4.17. The molecule has 3 rings (SSSR count). The summed E-state index contributed by atoms with van der Waals surface area (Å²) in [6.07, 6.45) is 0.680. The van der Waals surface area contributed by atoms with Crippen molar-refractivity contribution in [3.05, 3.63) is 34.3 Å². The Hall–Kier alpha value is -2.63. The standard InChI is InChI=1S/C20H24N2O4/c1-6-26-20(25)19-11(3)18-13(5)22-12(4)14(7-8-17(23)24)10(2)16(22)9-15(18)21-19/h9,12H,6-8H2,1-5H3,(H,23,24)/p+1/t12-/m1/s1. The number of carbonyl (C=O) groups is 2. The highest BCUT2D eigenvalue weighted by atomic mass is 16.5. The lowest BCUT2D eigenvalue weighted by molar-refractivity contribution is -0.712. The van der Waals surface area contributed by atoms with E-state index in [1.54, 1.807) is 6.92 Å². The van der Waals surface area contributed by atoms with Crippen LogP contribution in [0.1, 0.15) is 67.1 Å². The molecule has 6 heteroatoms. The summed E-state index contributed by atoms with van der Waals surface area (Å²) in [7, 11) is 0.